The topological polar surface area (TPSA) is 151 Å². The monoisotopic (exact) mass is 552 g/mol. The van der Waals surface area contributed by atoms with Gasteiger partial charge in [0.1, 0.15) is 12.4 Å². The van der Waals surface area contributed by atoms with Gasteiger partial charge in [0.2, 0.25) is 11.1 Å². The second kappa shape index (κ2) is 11.8. The Morgan fingerprint density at radius 3 is 2.51 bits per heavy atom. The molecule has 0 aliphatic rings. The smallest absolute Gasteiger partial charge is 0.337 e. The highest BCUT2D eigenvalue weighted by molar-refractivity contribution is 7.90. The molecule has 3 aromatic rings. The van der Waals surface area contributed by atoms with E-state index in [0.717, 1.165) is 17.4 Å². The van der Waals surface area contributed by atoms with Crippen LogP contribution in [0.25, 0.3) is 11.1 Å². The summed E-state index contributed by atoms with van der Waals surface area (Å²) in [6.45, 7) is 0.799. The first-order chi connectivity index (χ1) is 17.3. The summed E-state index contributed by atoms with van der Waals surface area (Å²) >= 11 is 5.70. The fraction of sp³-hybridized carbons (Fsp3) is 0.333. The summed E-state index contributed by atoms with van der Waals surface area (Å²) in [5.74, 6) is -2.70. The quantitative estimate of drug-likeness (QED) is 0.307. The summed E-state index contributed by atoms with van der Waals surface area (Å²) in [6, 6.07) is 12.5. The molecule has 0 aliphatic carbocycles. The third-order valence-electron chi connectivity index (χ3n) is 5.36. The Kier molecular flexibility index (Phi) is 9.00. The molecule has 2 atom stereocenters. The maximum atomic E-state index is 13.6. The van der Waals surface area contributed by atoms with Gasteiger partial charge in [0, 0.05) is 18.7 Å². The van der Waals surface area contributed by atoms with Crippen molar-refractivity contribution in [3.63, 3.8) is 0 Å². The van der Waals surface area contributed by atoms with E-state index < -0.39 is 45.7 Å². The van der Waals surface area contributed by atoms with Crippen molar-refractivity contribution in [2.45, 2.75) is 31.4 Å². The summed E-state index contributed by atoms with van der Waals surface area (Å²) in [6.07, 6.45) is 0.930. The number of nitrogens with zero attached hydrogens (tertiary/aromatic N) is 2. The molecule has 2 aromatic carbocycles. The van der Waals surface area contributed by atoms with Gasteiger partial charge < -0.3 is 15.2 Å². The lowest BCUT2D eigenvalue weighted by Crippen LogP contribution is -2.47. The number of carbonyl (C=O) groups is 2. The number of esters is 1. The minimum atomic E-state index is -3.36. The fourth-order valence-corrected chi connectivity index (χ4v) is 4.07. The van der Waals surface area contributed by atoms with E-state index in [1.807, 2.05) is 0 Å². The van der Waals surface area contributed by atoms with Crippen LogP contribution in [0.15, 0.2) is 48.5 Å². The molecular weight excluding hydrogens is 527 g/mol. The molecule has 0 unspecified atom stereocenters. The standard InChI is InChI=1S/C24H26ClFN4O6S/c1-24(33,22(32)36-10-11-37(2,34)35)14-19(27-21(31)20-28-23(25)30-29-20)12-15-6-8-16(9-7-15)17-4-3-5-18(26)13-17/h3-9,13,19,33H,10-12,14H2,1-2H3,(H,27,31)(H,28,29,30)/t19-,24-/m0/s1. The number of amides is 1. The fourth-order valence-electron chi connectivity index (χ4n) is 3.56. The number of aromatic amines is 1. The van der Waals surface area contributed by atoms with E-state index in [1.165, 1.54) is 19.1 Å². The zero-order valence-electron chi connectivity index (χ0n) is 20.1. The summed E-state index contributed by atoms with van der Waals surface area (Å²) in [5.41, 5.74) is 0.172. The number of hydrogen-bond acceptors (Lipinski definition) is 8. The summed E-state index contributed by atoms with van der Waals surface area (Å²) < 4.78 is 41.1. The van der Waals surface area contributed by atoms with Crippen LogP contribution in [0.4, 0.5) is 4.39 Å². The van der Waals surface area contributed by atoms with Crippen LogP contribution in [0.5, 0.6) is 0 Å². The van der Waals surface area contributed by atoms with Crippen molar-refractivity contribution in [1.29, 1.82) is 0 Å². The highest BCUT2D eigenvalue weighted by Gasteiger charge is 2.36. The molecule has 1 aromatic heterocycles. The van der Waals surface area contributed by atoms with Crippen LogP contribution in [-0.4, -0.2) is 70.8 Å². The van der Waals surface area contributed by atoms with Gasteiger partial charge in [0.15, 0.2) is 15.4 Å². The number of aliphatic hydroxyl groups is 1. The lowest BCUT2D eigenvalue weighted by atomic mass is 9.92. The number of benzene rings is 2. The van der Waals surface area contributed by atoms with Gasteiger partial charge in [-0.05, 0) is 53.8 Å². The highest BCUT2D eigenvalue weighted by atomic mass is 35.5. The Labute approximate surface area is 218 Å². The molecule has 0 saturated heterocycles. The van der Waals surface area contributed by atoms with Gasteiger partial charge >= 0.3 is 5.97 Å². The average Bonchev–Trinajstić information content (AvgIpc) is 3.25. The number of rotatable bonds is 11. The van der Waals surface area contributed by atoms with Crippen molar-refractivity contribution in [3.8, 4) is 11.1 Å². The van der Waals surface area contributed by atoms with Crippen molar-refractivity contribution < 1.29 is 32.2 Å². The third kappa shape index (κ3) is 8.62. The molecule has 198 valence electrons. The van der Waals surface area contributed by atoms with Crippen LogP contribution in [0.2, 0.25) is 5.28 Å². The van der Waals surface area contributed by atoms with Gasteiger partial charge in [-0.15, -0.1) is 5.10 Å². The number of aromatic nitrogens is 3. The Morgan fingerprint density at radius 2 is 1.92 bits per heavy atom. The normalized spacial score (nSPS) is 14.0. The molecule has 10 nitrogen and oxygen atoms in total. The number of nitrogens with one attached hydrogen (secondary N) is 2. The van der Waals surface area contributed by atoms with Crippen molar-refractivity contribution >= 4 is 33.3 Å². The average molecular weight is 553 g/mol. The first kappa shape index (κ1) is 28.2. The van der Waals surface area contributed by atoms with Gasteiger partial charge in [-0.3, -0.25) is 4.79 Å². The number of carbonyl (C=O) groups excluding carboxylic acids is 2. The number of halogens is 2. The first-order valence-corrected chi connectivity index (χ1v) is 13.6. The minimum Gasteiger partial charge on any atom is -0.462 e. The van der Waals surface area contributed by atoms with Gasteiger partial charge in [0.05, 0.1) is 5.75 Å². The van der Waals surface area contributed by atoms with E-state index in [1.54, 1.807) is 36.4 Å². The second-order valence-corrected chi connectivity index (χ2v) is 11.4. The molecule has 0 saturated carbocycles. The Hall–Kier alpha value is -3.35. The molecule has 0 bridgehead atoms. The maximum absolute atomic E-state index is 13.6. The van der Waals surface area contributed by atoms with Crippen molar-refractivity contribution in [2.75, 3.05) is 18.6 Å². The van der Waals surface area contributed by atoms with Gasteiger partial charge in [-0.2, -0.15) is 4.98 Å². The summed E-state index contributed by atoms with van der Waals surface area (Å²) in [4.78, 5) is 28.9. The number of hydrogen-bond donors (Lipinski definition) is 3. The lowest BCUT2D eigenvalue weighted by molar-refractivity contribution is -0.164. The predicted molar refractivity (Wildman–Crippen MR) is 134 cm³/mol. The Morgan fingerprint density at radius 1 is 1.22 bits per heavy atom. The van der Waals surface area contributed by atoms with Gasteiger partial charge in [-0.25, -0.2) is 22.7 Å². The second-order valence-electron chi connectivity index (χ2n) is 8.78. The largest absolute Gasteiger partial charge is 0.462 e. The molecule has 0 radical (unpaired) electrons. The molecule has 3 N–H and O–H groups in total. The van der Waals surface area contributed by atoms with Crippen molar-refractivity contribution in [2.24, 2.45) is 0 Å². The molecule has 1 heterocycles. The van der Waals surface area contributed by atoms with E-state index in [2.05, 4.69) is 20.5 Å². The molecular formula is C24H26ClFN4O6S. The molecule has 0 spiro atoms. The van der Waals surface area contributed by atoms with Gasteiger partial charge in [0.25, 0.3) is 5.91 Å². The van der Waals surface area contributed by atoms with Crippen molar-refractivity contribution in [3.05, 3.63) is 71.0 Å². The zero-order valence-corrected chi connectivity index (χ0v) is 21.6. The van der Waals surface area contributed by atoms with E-state index in [0.29, 0.717) is 5.56 Å². The van der Waals surface area contributed by atoms with E-state index >= 15 is 0 Å². The van der Waals surface area contributed by atoms with Crippen LogP contribution in [0.1, 0.15) is 29.5 Å². The molecule has 37 heavy (non-hydrogen) atoms. The highest BCUT2D eigenvalue weighted by Crippen LogP contribution is 2.23. The summed E-state index contributed by atoms with van der Waals surface area (Å²) in [7, 11) is -3.36. The third-order valence-corrected chi connectivity index (χ3v) is 6.44. The van der Waals surface area contributed by atoms with Crippen molar-refractivity contribution in [1.82, 2.24) is 20.5 Å². The van der Waals surface area contributed by atoms with Crippen LogP contribution in [-0.2, 0) is 25.8 Å². The number of ether oxygens (including phenoxy) is 1. The van der Waals surface area contributed by atoms with Crippen LogP contribution in [0.3, 0.4) is 0 Å². The van der Waals surface area contributed by atoms with Crippen LogP contribution >= 0.6 is 11.6 Å². The SMILES string of the molecule is C[C@](O)(C[C@H](Cc1ccc(-c2cccc(F)c2)cc1)NC(=O)c1n[nH]c(Cl)n1)C(=O)OCCS(C)(=O)=O. The Balaban J connectivity index is 1.76. The summed E-state index contributed by atoms with van der Waals surface area (Å²) in [5, 5.41) is 19.4. The molecule has 1 amide bonds. The molecule has 0 aliphatic heterocycles. The molecule has 0 fully saturated rings. The van der Waals surface area contributed by atoms with E-state index in [-0.39, 0.29) is 29.8 Å². The number of H-pyrrole nitrogens is 1. The molecule has 13 heteroatoms. The first-order valence-electron chi connectivity index (χ1n) is 11.1. The van der Waals surface area contributed by atoms with Gasteiger partial charge in [-0.1, -0.05) is 36.4 Å². The van der Waals surface area contributed by atoms with Crippen LogP contribution < -0.4 is 5.32 Å². The zero-order chi connectivity index (χ0) is 27.2. The maximum Gasteiger partial charge on any atom is 0.337 e. The Bertz CT molecular complexity index is 1360. The predicted octanol–water partition coefficient (Wildman–Crippen LogP) is 2.33. The minimum absolute atomic E-state index is 0.0870. The molecule has 3 rings (SSSR count). The van der Waals surface area contributed by atoms with E-state index in [4.69, 9.17) is 16.3 Å². The number of sulfone groups is 1. The van der Waals surface area contributed by atoms with Crippen LogP contribution in [0, 0.1) is 5.82 Å². The lowest BCUT2D eigenvalue weighted by Gasteiger charge is -2.27. The van der Waals surface area contributed by atoms with E-state index in [9.17, 15) is 27.5 Å².